The van der Waals surface area contributed by atoms with Gasteiger partial charge >= 0.3 is 0 Å². The van der Waals surface area contributed by atoms with Crippen LogP contribution in [0.2, 0.25) is 0 Å². The van der Waals surface area contributed by atoms with Crippen molar-refractivity contribution in [1.82, 2.24) is 0 Å². The summed E-state index contributed by atoms with van der Waals surface area (Å²) in [6, 6.07) is 3.37. The van der Waals surface area contributed by atoms with Gasteiger partial charge in [-0.05, 0) is 40.9 Å². The molecule has 3 heteroatoms. The van der Waals surface area contributed by atoms with Crippen molar-refractivity contribution < 1.29 is 9.50 Å². The molecule has 1 aromatic carbocycles. The molecule has 12 heavy (non-hydrogen) atoms. The van der Waals surface area contributed by atoms with Gasteiger partial charge in [-0.15, -0.1) is 0 Å². The van der Waals surface area contributed by atoms with E-state index < -0.39 is 6.10 Å². The molecule has 0 bridgehead atoms. The monoisotopic (exact) mass is 232 g/mol. The standard InChI is InChI=1S/C9H10BrFO/c1-5-3-4-7(6(2)12)8(10)9(5)11/h3-4,6,12H,1-2H3/t6-/m1/s1. The molecule has 0 spiro atoms. The third-order valence-electron chi connectivity index (χ3n) is 1.76. The van der Waals surface area contributed by atoms with Crippen LogP contribution in [0.1, 0.15) is 24.2 Å². The van der Waals surface area contributed by atoms with Crippen LogP contribution in [0, 0.1) is 12.7 Å². The first-order valence-corrected chi connectivity index (χ1v) is 4.46. The largest absolute Gasteiger partial charge is 0.389 e. The van der Waals surface area contributed by atoms with Crippen LogP contribution in [0.4, 0.5) is 4.39 Å². The first kappa shape index (κ1) is 9.68. The van der Waals surface area contributed by atoms with Crippen LogP contribution in [-0.2, 0) is 0 Å². The maximum Gasteiger partial charge on any atom is 0.140 e. The quantitative estimate of drug-likeness (QED) is 0.790. The average Bonchev–Trinajstić information content (AvgIpc) is 2.00. The van der Waals surface area contributed by atoms with E-state index in [4.69, 9.17) is 0 Å². The number of aliphatic hydroxyl groups excluding tert-OH is 1. The van der Waals surface area contributed by atoms with E-state index in [1.807, 2.05) is 0 Å². The molecule has 1 aromatic rings. The fraction of sp³-hybridized carbons (Fsp3) is 0.333. The molecule has 1 N–H and O–H groups in total. The van der Waals surface area contributed by atoms with Crippen LogP contribution >= 0.6 is 15.9 Å². The van der Waals surface area contributed by atoms with Crippen LogP contribution in [0.3, 0.4) is 0 Å². The van der Waals surface area contributed by atoms with Gasteiger partial charge in [-0.25, -0.2) is 4.39 Å². The molecule has 1 rings (SSSR count). The van der Waals surface area contributed by atoms with Crippen molar-refractivity contribution >= 4 is 15.9 Å². The fourth-order valence-corrected chi connectivity index (χ4v) is 1.76. The Balaban J connectivity index is 3.27. The van der Waals surface area contributed by atoms with E-state index in [2.05, 4.69) is 15.9 Å². The zero-order valence-corrected chi connectivity index (χ0v) is 8.52. The Morgan fingerprint density at radius 1 is 1.50 bits per heavy atom. The first-order chi connectivity index (χ1) is 5.54. The van der Waals surface area contributed by atoms with Crippen molar-refractivity contribution in [2.45, 2.75) is 20.0 Å². The van der Waals surface area contributed by atoms with Crippen molar-refractivity contribution in [3.8, 4) is 0 Å². The summed E-state index contributed by atoms with van der Waals surface area (Å²) in [7, 11) is 0. The van der Waals surface area contributed by atoms with Gasteiger partial charge in [0.15, 0.2) is 0 Å². The average molecular weight is 233 g/mol. The molecular weight excluding hydrogens is 223 g/mol. The zero-order chi connectivity index (χ0) is 9.30. The van der Waals surface area contributed by atoms with Gasteiger partial charge in [0.2, 0.25) is 0 Å². The summed E-state index contributed by atoms with van der Waals surface area (Å²) in [6.45, 7) is 3.29. The summed E-state index contributed by atoms with van der Waals surface area (Å²) >= 11 is 3.10. The molecule has 0 amide bonds. The van der Waals surface area contributed by atoms with E-state index in [9.17, 15) is 9.50 Å². The summed E-state index contributed by atoms with van der Waals surface area (Å²) in [5.41, 5.74) is 1.16. The Morgan fingerprint density at radius 3 is 2.58 bits per heavy atom. The van der Waals surface area contributed by atoms with Crippen molar-refractivity contribution in [2.75, 3.05) is 0 Å². The number of hydrogen-bond donors (Lipinski definition) is 1. The second kappa shape index (κ2) is 3.54. The molecule has 1 nitrogen and oxygen atoms in total. The van der Waals surface area contributed by atoms with E-state index in [0.717, 1.165) is 0 Å². The Hall–Kier alpha value is -0.410. The van der Waals surface area contributed by atoms with E-state index in [0.29, 0.717) is 15.6 Å². The lowest BCUT2D eigenvalue weighted by atomic mass is 10.1. The van der Waals surface area contributed by atoms with Gasteiger partial charge in [-0.3, -0.25) is 0 Å². The van der Waals surface area contributed by atoms with E-state index in [-0.39, 0.29) is 5.82 Å². The maximum absolute atomic E-state index is 13.2. The van der Waals surface area contributed by atoms with E-state index in [1.165, 1.54) is 0 Å². The lowest BCUT2D eigenvalue weighted by Gasteiger charge is -2.09. The minimum Gasteiger partial charge on any atom is -0.389 e. The number of hydrogen-bond acceptors (Lipinski definition) is 1. The zero-order valence-electron chi connectivity index (χ0n) is 6.94. The molecule has 66 valence electrons. The SMILES string of the molecule is Cc1ccc([C@@H](C)O)c(Br)c1F. The van der Waals surface area contributed by atoms with Gasteiger partial charge in [0, 0.05) is 0 Å². The maximum atomic E-state index is 13.2. The molecular formula is C9H10BrFO. The predicted molar refractivity (Wildman–Crippen MR) is 49.5 cm³/mol. The van der Waals surface area contributed by atoms with Gasteiger partial charge in [0.05, 0.1) is 10.6 Å². The molecule has 0 aliphatic carbocycles. The molecule has 0 fully saturated rings. The minimum atomic E-state index is -0.644. The Kier molecular flexibility index (Phi) is 2.85. The highest BCUT2D eigenvalue weighted by Crippen LogP contribution is 2.27. The smallest absolute Gasteiger partial charge is 0.140 e. The Bertz CT molecular complexity index is 297. The molecule has 0 aromatic heterocycles. The van der Waals surface area contributed by atoms with Crippen molar-refractivity contribution in [3.05, 3.63) is 33.5 Å². The van der Waals surface area contributed by atoms with Crippen LogP contribution in [0.5, 0.6) is 0 Å². The van der Waals surface area contributed by atoms with Crippen molar-refractivity contribution in [3.63, 3.8) is 0 Å². The van der Waals surface area contributed by atoms with Crippen LogP contribution < -0.4 is 0 Å². The topological polar surface area (TPSA) is 20.2 Å². The van der Waals surface area contributed by atoms with Gasteiger partial charge in [0.25, 0.3) is 0 Å². The number of aryl methyl sites for hydroxylation is 1. The van der Waals surface area contributed by atoms with Crippen molar-refractivity contribution in [1.29, 1.82) is 0 Å². The Labute approximate surface area is 79.4 Å². The predicted octanol–water partition coefficient (Wildman–Crippen LogP) is 2.95. The normalized spacial score (nSPS) is 13.1. The summed E-state index contributed by atoms with van der Waals surface area (Å²) in [6.07, 6.45) is -0.644. The van der Waals surface area contributed by atoms with Crippen LogP contribution in [0.25, 0.3) is 0 Å². The van der Waals surface area contributed by atoms with Crippen molar-refractivity contribution in [2.24, 2.45) is 0 Å². The molecule has 0 aliphatic rings. The summed E-state index contributed by atoms with van der Waals surface area (Å²) in [4.78, 5) is 0. The van der Waals surface area contributed by atoms with Gasteiger partial charge in [-0.1, -0.05) is 12.1 Å². The highest BCUT2D eigenvalue weighted by molar-refractivity contribution is 9.10. The first-order valence-electron chi connectivity index (χ1n) is 3.66. The van der Waals surface area contributed by atoms with Gasteiger partial charge < -0.3 is 5.11 Å². The highest BCUT2D eigenvalue weighted by Gasteiger charge is 2.11. The number of rotatable bonds is 1. The minimum absolute atomic E-state index is 0.298. The molecule has 0 saturated carbocycles. The number of benzene rings is 1. The lowest BCUT2D eigenvalue weighted by Crippen LogP contribution is -1.96. The van der Waals surface area contributed by atoms with Crippen LogP contribution in [-0.4, -0.2) is 5.11 Å². The molecule has 0 aliphatic heterocycles. The summed E-state index contributed by atoms with van der Waals surface area (Å²) in [5.74, 6) is -0.298. The third-order valence-corrected chi connectivity index (χ3v) is 2.56. The second-order valence-electron chi connectivity index (χ2n) is 2.78. The molecule has 1 atom stereocenters. The summed E-state index contributed by atoms with van der Waals surface area (Å²) < 4.78 is 13.6. The van der Waals surface area contributed by atoms with E-state index >= 15 is 0 Å². The van der Waals surface area contributed by atoms with Crippen LogP contribution in [0.15, 0.2) is 16.6 Å². The number of halogens is 2. The molecule has 0 saturated heterocycles. The third kappa shape index (κ3) is 1.67. The molecule has 0 unspecified atom stereocenters. The van der Waals surface area contributed by atoms with E-state index in [1.54, 1.807) is 26.0 Å². The Morgan fingerprint density at radius 2 is 2.08 bits per heavy atom. The highest BCUT2D eigenvalue weighted by atomic mass is 79.9. The fourth-order valence-electron chi connectivity index (χ4n) is 0.984. The van der Waals surface area contributed by atoms with Gasteiger partial charge in [-0.2, -0.15) is 0 Å². The molecule has 0 heterocycles. The van der Waals surface area contributed by atoms with Gasteiger partial charge in [0.1, 0.15) is 5.82 Å². The summed E-state index contributed by atoms with van der Waals surface area (Å²) in [5, 5.41) is 9.22. The lowest BCUT2D eigenvalue weighted by molar-refractivity contribution is 0.198. The second-order valence-corrected chi connectivity index (χ2v) is 3.57. The number of aliphatic hydroxyl groups is 1. The molecule has 0 radical (unpaired) electrons.